The number of hydrogen-bond donors (Lipinski definition) is 0. The summed E-state index contributed by atoms with van der Waals surface area (Å²) in [6.45, 7) is 1.70. The molecule has 0 fully saturated rings. The van der Waals surface area contributed by atoms with Crippen molar-refractivity contribution in [2.75, 3.05) is 6.61 Å². The Labute approximate surface area is 144 Å². The van der Waals surface area contributed by atoms with Crippen LogP contribution in [-0.2, 0) is 9.09 Å². The molecule has 2 aromatic carbocycles. The summed E-state index contributed by atoms with van der Waals surface area (Å²) in [4.78, 5) is 0. The lowest BCUT2D eigenvalue weighted by Gasteiger charge is -2.18. The van der Waals surface area contributed by atoms with E-state index < -0.39 is 7.82 Å². The average Bonchev–Trinajstić information content (AvgIpc) is 2.56. The van der Waals surface area contributed by atoms with Crippen molar-refractivity contribution in [3.8, 4) is 35.5 Å². The van der Waals surface area contributed by atoms with E-state index in [0.717, 1.165) is 0 Å². The second-order valence-corrected chi connectivity index (χ2v) is 5.90. The first-order chi connectivity index (χ1) is 12.1. The van der Waals surface area contributed by atoms with Crippen LogP contribution in [0.1, 0.15) is 6.92 Å². The molecule has 8 nitrogen and oxygen atoms in total. The number of nitriles is 2. The van der Waals surface area contributed by atoms with Gasteiger partial charge in [0.15, 0.2) is 0 Å². The summed E-state index contributed by atoms with van der Waals surface area (Å²) in [5.41, 5.74) is 0. The van der Waals surface area contributed by atoms with E-state index in [2.05, 4.69) is 9.47 Å². The van der Waals surface area contributed by atoms with Gasteiger partial charge in [-0.3, -0.25) is 4.52 Å². The van der Waals surface area contributed by atoms with Crippen molar-refractivity contribution in [2.24, 2.45) is 0 Å². The topological polar surface area (TPSA) is 111 Å². The lowest BCUT2D eigenvalue weighted by atomic mass is 10.3. The molecule has 9 heteroatoms. The molecule has 0 radical (unpaired) electrons. The molecular weight excluding hydrogens is 347 g/mol. The van der Waals surface area contributed by atoms with E-state index in [4.69, 9.17) is 24.1 Å². The molecule has 2 rings (SSSR count). The Balaban J connectivity index is 2.22. The zero-order chi connectivity index (χ0) is 18.1. The van der Waals surface area contributed by atoms with Gasteiger partial charge in [0.05, 0.1) is 6.61 Å². The quantitative estimate of drug-likeness (QED) is 0.513. The molecule has 0 spiro atoms. The first-order valence-corrected chi connectivity index (χ1v) is 8.50. The van der Waals surface area contributed by atoms with Crippen LogP contribution < -0.4 is 18.5 Å². The van der Waals surface area contributed by atoms with Crippen LogP contribution >= 0.6 is 7.82 Å². The van der Waals surface area contributed by atoms with Crippen molar-refractivity contribution in [2.45, 2.75) is 6.92 Å². The number of ether oxygens (including phenoxy) is 2. The molecule has 0 aromatic heterocycles. The predicted octanol–water partition coefficient (Wildman–Crippen LogP) is 4.01. The van der Waals surface area contributed by atoms with Crippen molar-refractivity contribution in [1.29, 1.82) is 10.5 Å². The average molecular weight is 360 g/mol. The van der Waals surface area contributed by atoms with Gasteiger partial charge in [-0.15, -0.1) is 10.5 Å². The molecule has 0 aliphatic heterocycles. The van der Waals surface area contributed by atoms with Gasteiger partial charge in [0, 0.05) is 12.1 Å². The SMILES string of the molecule is CCOP(=O)(Oc1cccc(OC#N)c1)Oc1cccc(OC#N)c1. The molecule has 2 aromatic rings. The van der Waals surface area contributed by atoms with Gasteiger partial charge in [0.1, 0.15) is 23.0 Å². The monoisotopic (exact) mass is 360 g/mol. The van der Waals surface area contributed by atoms with Crippen molar-refractivity contribution in [3.63, 3.8) is 0 Å². The molecule has 0 bridgehead atoms. The van der Waals surface area contributed by atoms with Crippen molar-refractivity contribution < 1.29 is 27.6 Å². The fraction of sp³-hybridized carbons (Fsp3) is 0.125. The zero-order valence-electron chi connectivity index (χ0n) is 13.1. The smallest absolute Gasteiger partial charge is 0.395 e. The van der Waals surface area contributed by atoms with Gasteiger partial charge in [-0.05, 0) is 31.2 Å². The maximum atomic E-state index is 12.8. The third-order valence-corrected chi connectivity index (χ3v) is 4.10. The van der Waals surface area contributed by atoms with E-state index >= 15 is 0 Å². The first-order valence-electron chi connectivity index (χ1n) is 7.04. The van der Waals surface area contributed by atoms with Crippen LogP contribution in [0.15, 0.2) is 48.5 Å². The van der Waals surface area contributed by atoms with Crippen LogP contribution in [0.3, 0.4) is 0 Å². The summed E-state index contributed by atoms with van der Waals surface area (Å²) in [7, 11) is -4.02. The van der Waals surface area contributed by atoms with Crippen LogP contribution in [0, 0.1) is 23.0 Å². The number of benzene rings is 2. The van der Waals surface area contributed by atoms with Crippen molar-refractivity contribution >= 4 is 7.82 Å². The second kappa shape index (κ2) is 8.60. The fourth-order valence-corrected chi connectivity index (χ4v) is 2.98. The number of nitrogens with zero attached hydrogens (tertiary/aromatic N) is 2. The fourth-order valence-electron chi connectivity index (χ4n) is 1.78. The summed E-state index contributed by atoms with van der Waals surface area (Å²) < 4.78 is 38.0. The third kappa shape index (κ3) is 5.43. The molecule has 0 saturated heterocycles. The highest BCUT2D eigenvalue weighted by molar-refractivity contribution is 7.49. The lowest BCUT2D eigenvalue weighted by Crippen LogP contribution is -2.05. The van der Waals surface area contributed by atoms with Gasteiger partial charge < -0.3 is 18.5 Å². The normalized spacial score (nSPS) is 10.2. The molecule has 0 unspecified atom stereocenters. The molecular formula is C16H13N2O6P. The van der Waals surface area contributed by atoms with Gasteiger partial charge >= 0.3 is 7.82 Å². The summed E-state index contributed by atoms with van der Waals surface area (Å²) in [5, 5.41) is 17.1. The Bertz CT molecular complexity index is 793. The van der Waals surface area contributed by atoms with E-state index in [-0.39, 0.29) is 29.6 Å². The largest absolute Gasteiger partial charge is 0.587 e. The minimum Gasteiger partial charge on any atom is -0.395 e. The van der Waals surface area contributed by atoms with Crippen LogP contribution in [-0.4, -0.2) is 6.61 Å². The predicted molar refractivity (Wildman–Crippen MR) is 85.9 cm³/mol. The Morgan fingerprint density at radius 2 is 1.32 bits per heavy atom. The van der Waals surface area contributed by atoms with E-state index in [9.17, 15) is 4.57 Å². The molecule has 128 valence electrons. The molecule has 0 N–H and O–H groups in total. The van der Waals surface area contributed by atoms with E-state index in [1.54, 1.807) is 19.1 Å². The van der Waals surface area contributed by atoms with Gasteiger partial charge in [0.2, 0.25) is 0 Å². The third-order valence-electron chi connectivity index (χ3n) is 2.66. The van der Waals surface area contributed by atoms with Crippen LogP contribution in [0.25, 0.3) is 0 Å². The summed E-state index contributed by atoms with van der Waals surface area (Å²) in [6.07, 6.45) is 3.06. The molecule has 0 heterocycles. The lowest BCUT2D eigenvalue weighted by molar-refractivity contribution is 0.219. The summed E-state index contributed by atoms with van der Waals surface area (Å²) >= 11 is 0. The standard InChI is InChI=1S/C16H13N2O6P/c1-2-22-25(19,23-15-7-3-5-13(9-15)20-11-17)24-16-8-4-6-14(10-16)21-12-18/h3-10H,2H2,1H3. The van der Waals surface area contributed by atoms with Gasteiger partial charge in [-0.2, -0.15) is 0 Å². The van der Waals surface area contributed by atoms with Crippen LogP contribution in [0.5, 0.6) is 23.0 Å². The molecule has 0 aliphatic rings. The maximum Gasteiger partial charge on any atom is 0.587 e. The second-order valence-electron chi connectivity index (χ2n) is 4.38. The number of phosphoric ester groups is 1. The van der Waals surface area contributed by atoms with E-state index in [1.165, 1.54) is 48.9 Å². The number of hydrogen-bond acceptors (Lipinski definition) is 8. The minimum absolute atomic E-state index is 0.0695. The Hall–Kier alpha value is -3.19. The van der Waals surface area contributed by atoms with Gasteiger partial charge in [-0.1, -0.05) is 12.1 Å². The Morgan fingerprint density at radius 1 is 0.880 bits per heavy atom. The molecule has 25 heavy (non-hydrogen) atoms. The Kier molecular flexibility index (Phi) is 6.25. The molecule has 0 atom stereocenters. The number of phosphoric acid groups is 1. The Morgan fingerprint density at radius 3 is 1.72 bits per heavy atom. The van der Waals surface area contributed by atoms with Crippen molar-refractivity contribution in [3.05, 3.63) is 48.5 Å². The molecule has 0 amide bonds. The highest BCUT2D eigenvalue weighted by Crippen LogP contribution is 2.50. The summed E-state index contributed by atoms with van der Waals surface area (Å²) in [5.74, 6) is 0.697. The summed E-state index contributed by atoms with van der Waals surface area (Å²) in [6, 6.07) is 11.9. The number of rotatable bonds is 8. The van der Waals surface area contributed by atoms with Gasteiger partial charge in [0.25, 0.3) is 12.5 Å². The molecule has 0 aliphatic carbocycles. The highest BCUT2D eigenvalue weighted by atomic mass is 31.2. The first kappa shape index (κ1) is 18.2. The van der Waals surface area contributed by atoms with Crippen LogP contribution in [0.2, 0.25) is 0 Å². The van der Waals surface area contributed by atoms with Gasteiger partial charge in [-0.25, -0.2) is 4.57 Å². The van der Waals surface area contributed by atoms with E-state index in [1.807, 2.05) is 0 Å². The van der Waals surface area contributed by atoms with E-state index in [0.29, 0.717) is 0 Å². The molecule has 0 saturated carbocycles. The van der Waals surface area contributed by atoms with Crippen molar-refractivity contribution in [1.82, 2.24) is 0 Å². The highest BCUT2D eigenvalue weighted by Gasteiger charge is 2.30. The minimum atomic E-state index is -4.02. The maximum absolute atomic E-state index is 12.8. The van der Waals surface area contributed by atoms with Crippen LogP contribution in [0.4, 0.5) is 0 Å². The zero-order valence-corrected chi connectivity index (χ0v) is 14.0.